The summed E-state index contributed by atoms with van der Waals surface area (Å²) in [5.74, 6) is 0.638. The average molecular weight is 571 g/mol. The van der Waals surface area contributed by atoms with Crippen molar-refractivity contribution in [2.75, 3.05) is 5.75 Å². The molecule has 0 atom stereocenters. The van der Waals surface area contributed by atoms with Gasteiger partial charge in [-0.05, 0) is 42.0 Å². The van der Waals surface area contributed by atoms with Crippen molar-refractivity contribution in [2.24, 2.45) is 5.10 Å². The molecule has 32 heavy (non-hydrogen) atoms. The lowest BCUT2D eigenvalue weighted by Gasteiger charge is -2.10. The van der Waals surface area contributed by atoms with Gasteiger partial charge in [-0.1, -0.05) is 86.1 Å². The summed E-state index contributed by atoms with van der Waals surface area (Å²) in [6.45, 7) is 0. The zero-order valence-electron chi connectivity index (χ0n) is 16.7. The van der Waals surface area contributed by atoms with E-state index < -0.39 is 0 Å². The molecule has 0 aliphatic rings. The van der Waals surface area contributed by atoms with Gasteiger partial charge in [-0.15, -0.1) is 10.2 Å². The molecular formula is C23H17Br2N5OS. The molecule has 1 heterocycles. The van der Waals surface area contributed by atoms with Gasteiger partial charge in [0.05, 0.1) is 12.0 Å². The van der Waals surface area contributed by atoms with Gasteiger partial charge >= 0.3 is 0 Å². The van der Waals surface area contributed by atoms with Gasteiger partial charge in [-0.3, -0.25) is 9.36 Å². The SMILES string of the molecule is O=C(CSc1nnc(-c2ccc(Br)cc2)n1-c1ccccc1)N/N=C\c1ccc(Br)cc1. The molecule has 0 unspecified atom stereocenters. The maximum Gasteiger partial charge on any atom is 0.250 e. The number of carbonyl (C=O) groups is 1. The first-order valence-electron chi connectivity index (χ1n) is 9.57. The molecule has 0 radical (unpaired) electrons. The normalized spacial score (nSPS) is 11.1. The zero-order valence-corrected chi connectivity index (χ0v) is 20.6. The van der Waals surface area contributed by atoms with Crippen LogP contribution in [-0.4, -0.2) is 32.6 Å². The topological polar surface area (TPSA) is 72.2 Å². The van der Waals surface area contributed by atoms with E-state index in [1.807, 2.05) is 83.4 Å². The highest BCUT2D eigenvalue weighted by Gasteiger charge is 2.17. The third-order valence-electron chi connectivity index (χ3n) is 4.36. The highest BCUT2D eigenvalue weighted by atomic mass is 79.9. The highest BCUT2D eigenvalue weighted by molar-refractivity contribution is 9.10. The largest absolute Gasteiger partial charge is 0.272 e. The Balaban J connectivity index is 1.49. The van der Waals surface area contributed by atoms with Crippen LogP contribution in [0.3, 0.4) is 0 Å². The first kappa shape index (κ1) is 22.4. The third kappa shape index (κ3) is 5.73. The molecule has 4 aromatic rings. The molecule has 6 nitrogen and oxygen atoms in total. The van der Waals surface area contributed by atoms with E-state index in [0.717, 1.165) is 25.8 Å². The van der Waals surface area contributed by atoms with Crippen molar-refractivity contribution in [3.63, 3.8) is 0 Å². The molecule has 0 aliphatic carbocycles. The number of amides is 1. The Morgan fingerprint density at radius 1 is 0.938 bits per heavy atom. The van der Waals surface area contributed by atoms with Crippen molar-refractivity contribution in [2.45, 2.75) is 5.16 Å². The van der Waals surface area contributed by atoms with Crippen molar-refractivity contribution in [1.82, 2.24) is 20.2 Å². The summed E-state index contributed by atoms with van der Waals surface area (Å²) in [6.07, 6.45) is 1.60. The first-order chi connectivity index (χ1) is 15.6. The number of hydrazone groups is 1. The maximum atomic E-state index is 12.3. The molecule has 0 spiro atoms. The Morgan fingerprint density at radius 2 is 1.59 bits per heavy atom. The number of hydrogen-bond acceptors (Lipinski definition) is 5. The van der Waals surface area contributed by atoms with E-state index in [9.17, 15) is 4.79 Å². The Labute approximate surface area is 206 Å². The number of halogens is 2. The molecule has 0 aliphatic heterocycles. The summed E-state index contributed by atoms with van der Waals surface area (Å²) in [6, 6.07) is 25.4. The van der Waals surface area contributed by atoms with Crippen LogP contribution < -0.4 is 5.43 Å². The summed E-state index contributed by atoms with van der Waals surface area (Å²) in [5.41, 5.74) is 5.30. The first-order valence-corrected chi connectivity index (χ1v) is 12.1. The molecule has 3 aromatic carbocycles. The second-order valence-electron chi connectivity index (χ2n) is 6.62. The molecular weight excluding hydrogens is 554 g/mol. The lowest BCUT2D eigenvalue weighted by Crippen LogP contribution is -2.20. The molecule has 9 heteroatoms. The third-order valence-corrected chi connectivity index (χ3v) is 6.34. The Bertz CT molecular complexity index is 1230. The molecule has 0 bridgehead atoms. The second kappa shape index (κ2) is 10.7. The summed E-state index contributed by atoms with van der Waals surface area (Å²) < 4.78 is 3.92. The highest BCUT2D eigenvalue weighted by Crippen LogP contribution is 2.28. The lowest BCUT2D eigenvalue weighted by atomic mass is 10.2. The number of rotatable bonds is 7. The van der Waals surface area contributed by atoms with Gasteiger partial charge < -0.3 is 0 Å². The zero-order chi connectivity index (χ0) is 22.3. The minimum atomic E-state index is -0.226. The van der Waals surface area contributed by atoms with Gasteiger partial charge in [-0.25, -0.2) is 5.43 Å². The van der Waals surface area contributed by atoms with Gasteiger partial charge in [0.2, 0.25) is 0 Å². The van der Waals surface area contributed by atoms with E-state index in [4.69, 9.17) is 0 Å². The van der Waals surface area contributed by atoms with Crippen LogP contribution in [0.1, 0.15) is 5.56 Å². The lowest BCUT2D eigenvalue weighted by molar-refractivity contribution is -0.118. The minimum absolute atomic E-state index is 0.156. The van der Waals surface area contributed by atoms with Crippen molar-refractivity contribution in [3.8, 4) is 17.1 Å². The molecule has 0 saturated heterocycles. The van der Waals surface area contributed by atoms with Crippen LogP contribution in [0.2, 0.25) is 0 Å². The van der Waals surface area contributed by atoms with Crippen LogP contribution in [0.25, 0.3) is 17.1 Å². The molecule has 4 rings (SSSR count). The summed E-state index contributed by atoms with van der Waals surface area (Å²) in [5, 5.41) is 13.4. The average Bonchev–Trinajstić information content (AvgIpc) is 3.24. The van der Waals surface area contributed by atoms with Crippen molar-refractivity contribution in [3.05, 3.63) is 93.4 Å². The standard InChI is InChI=1S/C23H17Br2N5OS/c24-18-10-6-16(7-11-18)14-26-27-21(31)15-32-23-29-28-22(17-8-12-19(25)13-9-17)30(23)20-4-2-1-3-5-20/h1-14H,15H2,(H,27,31)/b26-14-. The van der Waals surface area contributed by atoms with Crippen molar-refractivity contribution < 1.29 is 4.79 Å². The van der Waals surface area contributed by atoms with E-state index in [0.29, 0.717) is 11.0 Å². The van der Waals surface area contributed by atoms with Gasteiger partial charge in [0.1, 0.15) is 0 Å². The molecule has 1 aromatic heterocycles. The minimum Gasteiger partial charge on any atom is -0.272 e. The van der Waals surface area contributed by atoms with E-state index in [2.05, 4.69) is 52.6 Å². The molecule has 0 fully saturated rings. The number of benzene rings is 3. The molecule has 1 amide bonds. The van der Waals surface area contributed by atoms with E-state index in [1.165, 1.54) is 11.8 Å². The fourth-order valence-corrected chi connectivity index (χ4v) is 4.12. The summed E-state index contributed by atoms with van der Waals surface area (Å²) in [4.78, 5) is 12.3. The van der Waals surface area contributed by atoms with Gasteiger partial charge in [-0.2, -0.15) is 5.10 Å². The number of para-hydroxylation sites is 1. The monoisotopic (exact) mass is 569 g/mol. The number of carbonyl (C=O) groups excluding carboxylic acids is 1. The van der Waals surface area contributed by atoms with Crippen LogP contribution in [-0.2, 0) is 4.79 Å². The Hall–Kier alpha value is -2.75. The quantitative estimate of drug-likeness (QED) is 0.176. The summed E-state index contributed by atoms with van der Waals surface area (Å²) in [7, 11) is 0. The summed E-state index contributed by atoms with van der Waals surface area (Å²) >= 11 is 8.16. The number of hydrogen-bond donors (Lipinski definition) is 1. The van der Waals surface area contributed by atoms with Crippen molar-refractivity contribution >= 4 is 55.7 Å². The van der Waals surface area contributed by atoms with Crippen LogP contribution >= 0.6 is 43.6 Å². The van der Waals surface area contributed by atoms with Gasteiger partial charge in [0.25, 0.3) is 5.91 Å². The van der Waals surface area contributed by atoms with E-state index >= 15 is 0 Å². The Kier molecular flexibility index (Phi) is 7.51. The van der Waals surface area contributed by atoms with Crippen LogP contribution in [0, 0.1) is 0 Å². The molecule has 0 saturated carbocycles. The van der Waals surface area contributed by atoms with Crippen LogP contribution in [0.4, 0.5) is 0 Å². The van der Waals surface area contributed by atoms with E-state index in [-0.39, 0.29) is 11.7 Å². The number of aromatic nitrogens is 3. The molecule has 1 N–H and O–H groups in total. The van der Waals surface area contributed by atoms with E-state index in [1.54, 1.807) is 6.21 Å². The van der Waals surface area contributed by atoms with Crippen molar-refractivity contribution in [1.29, 1.82) is 0 Å². The smallest absolute Gasteiger partial charge is 0.250 e. The fraction of sp³-hybridized carbons (Fsp3) is 0.0435. The predicted molar refractivity (Wildman–Crippen MR) is 135 cm³/mol. The van der Waals surface area contributed by atoms with Gasteiger partial charge in [0, 0.05) is 20.2 Å². The van der Waals surface area contributed by atoms with Crippen LogP contribution in [0.5, 0.6) is 0 Å². The molecule has 160 valence electrons. The van der Waals surface area contributed by atoms with Crippen LogP contribution in [0.15, 0.2) is 98.1 Å². The fourth-order valence-electron chi connectivity index (χ4n) is 2.85. The second-order valence-corrected chi connectivity index (χ2v) is 9.39. The maximum absolute atomic E-state index is 12.3. The number of nitrogens with one attached hydrogen (secondary N) is 1. The predicted octanol–water partition coefficient (Wildman–Crippen LogP) is 5.70. The number of nitrogens with zero attached hydrogens (tertiary/aromatic N) is 4. The Morgan fingerprint density at radius 3 is 2.28 bits per heavy atom. The van der Waals surface area contributed by atoms with Gasteiger partial charge in [0.15, 0.2) is 11.0 Å². The number of thioether (sulfide) groups is 1.